The average molecular weight is 295 g/mol. The lowest BCUT2D eigenvalue weighted by Gasteiger charge is -2.05. The Morgan fingerprint density at radius 1 is 0.857 bits per heavy atom. The molecule has 0 aliphatic heterocycles. The minimum Gasteiger partial charge on any atom is -0.269 e. The summed E-state index contributed by atoms with van der Waals surface area (Å²) in [6.45, 7) is 0.310. The zero-order chi connectivity index (χ0) is 14.7. The molecule has 0 N–H and O–H groups in total. The highest BCUT2D eigenvalue weighted by Gasteiger charge is 2.07. The highest BCUT2D eigenvalue weighted by atomic mass is 32.1. The van der Waals surface area contributed by atoms with Crippen LogP contribution in [0.25, 0.3) is 10.4 Å². The molecule has 0 spiro atoms. The Kier molecular flexibility index (Phi) is 3.79. The van der Waals surface area contributed by atoms with Crippen LogP contribution in [0.5, 0.6) is 0 Å². The molecule has 4 heteroatoms. The van der Waals surface area contributed by atoms with E-state index < -0.39 is 0 Å². The van der Waals surface area contributed by atoms with Gasteiger partial charge in [-0.3, -0.25) is 14.2 Å². The zero-order valence-electron chi connectivity index (χ0n) is 11.2. The highest BCUT2D eigenvalue weighted by molar-refractivity contribution is 7.12. The van der Waals surface area contributed by atoms with E-state index in [2.05, 4.69) is 0 Å². The van der Waals surface area contributed by atoms with Gasteiger partial charge in [0.25, 0.3) is 5.56 Å². The molecule has 0 fully saturated rings. The Hall–Kier alpha value is -2.46. The molecular formula is C17H13NO2S. The summed E-state index contributed by atoms with van der Waals surface area (Å²) in [4.78, 5) is 24.9. The number of aromatic nitrogens is 1. The van der Waals surface area contributed by atoms with Crippen LogP contribution in [0, 0.1) is 0 Å². The molecule has 104 valence electrons. The summed E-state index contributed by atoms with van der Waals surface area (Å²) in [6.07, 6.45) is 0. The van der Waals surface area contributed by atoms with Gasteiger partial charge < -0.3 is 0 Å². The van der Waals surface area contributed by atoms with Gasteiger partial charge in [0.1, 0.15) is 0 Å². The Morgan fingerprint density at radius 2 is 1.48 bits per heavy atom. The van der Waals surface area contributed by atoms with Crippen LogP contribution in [0.3, 0.4) is 0 Å². The van der Waals surface area contributed by atoms with Crippen molar-refractivity contribution in [3.05, 3.63) is 92.3 Å². The number of rotatable bonds is 3. The quantitative estimate of drug-likeness (QED) is 0.745. The summed E-state index contributed by atoms with van der Waals surface area (Å²) in [5.74, 6) is 0. The molecule has 3 aromatic rings. The predicted molar refractivity (Wildman–Crippen MR) is 85.8 cm³/mol. The standard InChI is InChI=1S/C17H13NO2S/c19-16-11-15(14-9-5-2-6-10-14)21-17(20)18(16)12-13-7-3-1-4-8-13/h1-11H,12H2. The zero-order valence-corrected chi connectivity index (χ0v) is 12.0. The summed E-state index contributed by atoms with van der Waals surface area (Å²) < 4.78 is 1.27. The molecule has 3 nitrogen and oxygen atoms in total. The fourth-order valence-electron chi connectivity index (χ4n) is 2.11. The molecule has 21 heavy (non-hydrogen) atoms. The van der Waals surface area contributed by atoms with Crippen LogP contribution >= 0.6 is 11.3 Å². The molecule has 1 heterocycles. The fraction of sp³-hybridized carbons (Fsp3) is 0.0588. The highest BCUT2D eigenvalue weighted by Crippen LogP contribution is 2.19. The van der Waals surface area contributed by atoms with Gasteiger partial charge in [-0.15, -0.1) is 0 Å². The van der Waals surface area contributed by atoms with Crippen molar-refractivity contribution in [3.63, 3.8) is 0 Å². The van der Waals surface area contributed by atoms with Crippen molar-refractivity contribution in [1.29, 1.82) is 0 Å². The third-order valence-corrected chi connectivity index (χ3v) is 4.15. The smallest absolute Gasteiger partial charge is 0.269 e. The predicted octanol–water partition coefficient (Wildman–Crippen LogP) is 2.99. The lowest BCUT2D eigenvalue weighted by Crippen LogP contribution is -2.30. The Labute approximate surface area is 125 Å². The van der Waals surface area contributed by atoms with Crippen LogP contribution in [-0.2, 0) is 6.54 Å². The van der Waals surface area contributed by atoms with Crippen LogP contribution in [-0.4, -0.2) is 4.57 Å². The first-order valence-corrected chi connectivity index (χ1v) is 7.40. The molecule has 0 amide bonds. The second-order valence-electron chi connectivity index (χ2n) is 4.65. The van der Waals surface area contributed by atoms with Gasteiger partial charge in [-0.2, -0.15) is 0 Å². The second-order valence-corrected chi connectivity index (χ2v) is 5.65. The van der Waals surface area contributed by atoms with Crippen LogP contribution < -0.4 is 10.4 Å². The van der Waals surface area contributed by atoms with Gasteiger partial charge in [0.2, 0.25) is 0 Å². The van der Waals surface area contributed by atoms with E-state index in [1.807, 2.05) is 60.7 Å². The van der Waals surface area contributed by atoms with Gasteiger partial charge in [-0.1, -0.05) is 72.0 Å². The monoisotopic (exact) mass is 295 g/mol. The van der Waals surface area contributed by atoms with Gasteiger partial charge in [-0.05, 0) is 11.1 Å². The molecule has 0 aliphatic rings. The summed E-state index contributed by atoms with van der Waals surface area (Å²) in [7, 11) is 0. The third kappa shape index (κ3) is 3.01. The first kappa shape index (κ1) is 13.5. The molecule has 3 rings (SSSR count). The fourth-order valence-corrected chi connectivity index (χ4v) is 2.98. The van der Waals surface area contributed by atoms with E-state index in [-0.39, 0.29) is 10.4 Å². The van der Waals surface area contributed by atoms with Gasteiger partial charge in [0.15, 0.2) is 0 Å². The summed E-state index contributed by atoms with van der Waals surface area (Å²) in [6, 6.07) is 20.5. The minimum atomic E-state index is -0.263. The number of nitrogens with zero attached hydrogens (tertiary/aromatic N) is 1. The van der Waals surface area contributed by atoms with Crippen molar-refractivity contribution in [2.45, 2.75) is 6.54 Å². The maximum absolute atomic E-state index is 12.2. The van der Waals surface area contributed by atoms with E-state index in [9.17, 15) is 9.59 Å². The number of hydrogen-bond acceptors (Lipinski definition) is 3. The topological polar surface area (TPSA) is 39.1 Å². The lowest BCUT2D eigenvalue weighted by molar-refractivity contribution is 0.746. The normalized spacial score (nSPS) is 10.5. The maximum Gasteiger partial charge on any atom is 0.310 e. The third-order valence-electron chi connectivity index (χ3n) is 3.18. The van der Waals surface area contributed by atoms with Crippen molar-refractivity contribution in [2.75, 3.05) is 0 Å². The van der Waals surface area contributed by atoms with E-state index in [4.69, 9.17) is 0 Å². The molecule has 0 unspecified atom stereocenters. The SMILES string of the molecule is O=c1cc(-c2ccccc2)sc(=O)n1Cc1ccccc1. The summed E-state index contributed by atoms with van der Waals surface area (Å²) in [5.41, 5.74) is 1.57. The number of benzene rings is 2. The summed E-state index contributed by atoms with van der Waals surface area (Å²) >= 11 is 1.10. The molecular weight excluding hydrogens is 282 g/mol. The van der Waals surface area contributed by atoms with Crippen LogP contribution in [0.4, 0.5) is 0 Å². The lowest BCUT2D eigenvalue weighted by atomic mass is 10.2. The minimum absolute atomic E-state index is 0.231. The molecule has 0 saturated carbocycles. The van der Waals surface area contributed by atoms with Crippen molar-refractivity contribution < 1.29 is 0 Å². The van der Waals surface area contributed by atoms with Gasteiger partial charge in [0.05, 0.1) is 6.54 Å². The van der Waals surface area contributed by atoms with E-state index in [1.165, 1.54) is 10.6 Å². The van der Waals surface area contributed by atoms with Crippen LogP contribution in [0.15, 0.2) is 76.3 Å². The van der Waals surface area contributed by atoms with Gasteiger partial charge in [0, 0.05) is 10.9 Å². The molecule has 0 bridgehead atoms. The van der Waals surface area contributed by atoms with Crippen molar-refractivity contribution >= 4 is 11.3 Å². The average Bonchev–Trinajstić information content (AvgIpc) is 2.52. The Bertz CT molecular complexity index is 820. The Balaban J connectivity index is 2.02. The first-order chi connectivity index (χ1) is 10.2. The van der Waals surface area contributed by atoms with Crippen molar-refractivity contribution in [3.8, 4) is 10.4 Å². The molecule has 0 atom stereocenters. The van der Waals surface area contributed by atoms with Crippen LogP contribution in [0.1, 0.15) is 5.56 Å². The molecule has 0 saturated heterocycles. The Morgan fingerprint density at radius 3 is 2.10 bits per heavy atom. The molecule has 2 aromatic carbocycles. The van der Waals surface area contributed by atoms with Gasteiger partial charge in [-0.25, -0.2) is 0 Å². The number of hydrogen-bond donors (Lipinski definition) is 0. The first-order valence-electron chi connectivity index (χ1n) is 6.58. The van der Waals surface area contributed by atoms with E-state index in [1.54, 1.807) is 0 Å². The van der Waals surface area contributed by atoms with Crippen LogP contribution in [0.2, 0.25) is 0 Å². The van der Waals surface area contributed by atoms with Gasteiger partial charge >= 0.3 is 4.87 Å². The summed E-state index contributed by atoms with van der Waals surface area (Å²) in [5, 5.41) is 0. The maximum atomic E-state index is 12.2. The van der Waals surface area contributed by atoms with Crippen molar-refractivity contribution in [2.24, 2.45) is 0 Å². The molecule has 1 aromatic heterocycles. The molecule has 0 radical (unpaired) electrons. The largest absolute Gasteiger partial charge is 0.310 e. The van der Waals surface area contributed by atoms with E-state index >= 15 is 0 Å². The van der Waals surface area contributed by atoms with E-state index in [0.717, 1.165) is 22.5 Å². The molecule has 0 aliphatic carbocycles. The van der Waals surface area contributed by atoms with E-state index in [0.29, 0.717) is 11.4 Å². The second kappa shape index (κ2) is 5.89. The van der Waals surface area contributed by atoms with Crippen molar-refractivity contribution in [1.82, 2.24) is 4.57 Å².